The Balaban J connectivity index is 1.56. The number of aliphatic carboxylic acids is 1. The molecule has 28 heavy (non-hydrogen) atoms. The van der Waals surface area contributed by atoms with Gasteiger partial charge in [0.15, 0.2) is 0 Å². The minimum Gasteiger partial charge on any atom is -0.481 e. The molecule has 4 nitrogen and oxygen atoms in total. The molecule has 2 fully saturated rings. The number of carboxylic acids is 1. The normalized spacial score (nSPS) is 21.6. The third kappa shape index (κ3) is 4.01. The van der Waals surface area contributed by atoms with Gasteiger partial charge in [0, 0.05) is 23.7 Å². The molecule has 148 valence electrons. The smallest absolute Gasteiger partial charge is 0.303 e. The number of carboxylic acid groups (broad SMARTS) is 1. The van der Waals surface area contributed by atoms with E-state index in [0.29, 0.717) is 29.8 Å². The second-order valence-electron chi connectivity index (χ2n) is 7.77. The summed E-state index contributed by atoms with van der Waals surface area (Å²) in [5.41, 5.74) is 1.06. The number of nitrogens with zero attached hydrogens (tertiary/aromatic N) is 1. The van der Waals surface area contributed by atoms with Crippen LogP contribution in [0.1, 0.15) is 56.4 Å². The van der Waals surface area contributed by atoms with Gasteiger partial charge in [0.2, 0.25) is 5.88 Å². The number of aromatic nitrogens is 1. The molecule has 2 atom stereocenters. The van der Waals surface area contributed by atoms with E-state index in [1.807, 2.05) is 0 Å². The van der Waals surface area contributed by atoms with E-state index in [4.69, 9.17) is 9.84 Å². The van der Waals surface area contributed by atoms with Crippen molar-refractivity contribution < 1.29 is 23.4 Å². The molecule has 0 bridgehead atoms. The summed E-state index contributed by atoms with van der Waals surface area (Å²) in [6.45, 7) is 0. The Kier molecular flexibility index (Phi) is 5.29. The molecular formula is C22H23F2NO3. The van der Waals surface area contributed by atoms with Gasteiger partial charge in [-0.25, -0.2) is 13.8 Å². The lowest BCUT2D eigenvalue weighted by molar-refractivity contribution is -0.137. The predicted molar refractivity (Wildman–Crippen MR) is 100 cm³/mol. The fourth-order valence-electron chi connectivity index (χ4n) is 4.19. The zero-order valence-corrected chi connectivity index (χ0v) is 15.5. The fourth-order valence-corrected chi connectivity index (χ4v) is 4.19. The van der Waals surface area contributed by atoms with Crippen LogP contribution in [0.5, 0.6) is 5.88 Å². The average Bonchev–Trinajstić information content (AvgIpc) is 3.22. The van der Waals surface area contributed by atoms with Crippen LogP contribution in [0.2, 0.25) is 0 Å². The third-order valence-corrected chi connectivity index (χ3v) is 5.76. The zero-order chi connectivity index (χ0) is 19.7. The van der Waals surface area contributed by atoms with E-state index in [1.54, 1.807) is 18.3 Å². The maximum Gasteiger partial charge on any atom is 0.303 e. The first-order chi connectivity index (χ1) is 13.5. The molecule has 0 saturated heterocycles. The van der Waals surface area contributed by atoms with Gasteiger partial charge in [0.25, 0.3) is 0 Å². The lowest BCUT2D eigenvalue weighted by Gasteiger charge is -2.16. The second kappa shape index (κ2) is 7.86. The second-order valence-corrected chi connectivity index (χ2v) is 7.77. The predicted octanol–water partition coefficient (Wildman–Crippen LogP) is 5.32. The van der Waals surface area contributed by atoms with E-state index in [1.165, 1.54) is 12.1 Å². The summed E-state index contributed by atoms with van der Waals surface area (Å²) < 4.78 is 35.5. The largest absolute Gasteiger partial charge is 0.481 e. The number of halogens is 2. The highest BCUT2D eigenvalue weighted by atomic mass is 19.1. The molecule has 4 rings (SSSR count). The minimum absolute atomic E-state index is 0.0278. The van der Waals surface area contributed by atoms with Crippen LogP contribution < -0.4 is 4.74 Å². The Labute approximate surface area is 162 Å². The first-order valence-electron chi connectivity index (χ1n) is 9.85. The highest BCUT2D eigenvalue weighted by Gasteiger charge is 2.41. The summed E-state index contributed by atoms with van der Waals surface area (Å²) in [6.07, 6.45) is 7.00. The molecule has 0 radical (unpaired) electrons. The van der Waals surface area contributed by atoms with Gasteiger partial charge in [-0.05, 0) is 80.2 Å². The van der Waals surface area contributed by atoms with Crippen LogP contribution in [0.4, 0.5) is 8.78 Å². The molecule has 0 spiro atoms. The van der Waals surface area contributed by atoms with Crippen molar-refractivity contribution in [3.8, 4) is 17.0 Å². The van der Waals surface area contributed by atoms with E-state index in [-0.39, 0.29) is 29.9 Å². The number of carbonyl (C=O) groups is 1. The SMILES string of the molecule is O=C(O)CCC1CC1c1c(F)cc(-c2cccnc2OC2CCCC2)cc1F. The topological polar surface area (TPSA) is 59.4 Å². The van der Waals surface area contributed by atoms with Gasteiger partial charge in [-0.3, -0.25) is 4.79 Å². The number of hydrogen-bond donors (Lipinski definition) is 1. The highest BCUT2D eigenvalue weighted by molar-refractivity contribution is 5.69. The first kappa shape index (κ1) is 18.8. The molecular weight excluding hydrogens is 364 g/mol. The average molecular weight is 387 g/mol. The summed E-state index contributed by atoms with van der Waals surface area (Å²) in [5, 5.41) is 8.78. The number of hydrogen-bond acceptors (Lipinski definition) is 3. The fraction of sp³-hybridized carbons (Fsp3) is 0.455. The summed E-state index contributed by atoms with van der Waals surface area (Å²) in [6, 6.07) is 6.16. The lowest BCUT2D eigenvalue weighted by atomic mass is 10.00. The van der Waals surface area contributed by atoms with Crippen molar-refractivity contribution in [2.24, 2.45) is 5.92 Å². The van der Waals surface area contributed by atoms with Crippen molar-refractivity contribution in [3.63, 3.8) is 0 Å². The number of rotatable bonds is 7. The highest BCUT2D eigenvalue weighted by Crippen LogP contribution is 2.52. The molecule has 1 N–H and O–H groups in total. The van der Waals surface area contributed by atoms with Gasteiger partial charge in [-0.2, -0.15) is 0 Å². The molecule has 2 aliphatic carbocycles. The van der Waals surface area contributed by atoms with Crippen LogP contribution in [0.25, 0.3) is 11.1 Å². The van der Waals surface area contributed by atoms with Crippen molar-refractivity contribution in [2.75, 3.05) is 0 Å². The van der Waals surface area contributed by atoms with Gasteiger partial charge < -0.3 is 9.84 Å². The molecule has 2 saturated carbocycles. The van der Waals surface area contributed by atoms with Crippen molar-refractivity contribution in [2.45, 2.75) is 57.0 Å². The quantitative estimate of drug-likeness (QED) is 0.699. The Hall–Kier alpha value is -2.50. The number of ether oxygens (including phenoxy) is 1. The Morgan fingerprint density at radius 3 is 2.61 bits per heavy atom. The molecule has 2 unspecified atom stereocenters. The van der Waals surface area contributed by atoms with Gasteiger partial charge in [-0.15, -0.1) is 0 Å². The molecule has 2 aliphatic rings. The summed E-state index contributed by atoms with van der Waals surface area (Å²) in [4.78, 5) is 15.0. The molecule has 6 heteroatoms. The van der Waals surface area contributed by atoms with Gasteiger partial charge in [-0.1, -0.05) is 0 Å². The van der Waals surface area contributed by atoms with Crippen LogP contribution in [0.15, 0.2) is 30.5 Å². The molecule has 2 aromatic rings. The maximum atomic E-state index is 14.8. The molecule has 0 amide bonds. The van der Waals surface area contributed by atoms with Crippen molar-refractivity contribution in [1.82, 2.24) is 4.98 Å². The van der Waals surface area contributed by atoms with E-state index < -0.39 is 17.6 Å². The Bertz CT molecular complexity index is 857. The van der Waals surface area contributed by atoms with Gasteiger partial charge in [0.1, 0.15) is 17.7 Å². The number of benzene rings is 1. The molecule has 1 aromatic carbocycles. The van der Waals surface area contributed by atoms with E-state index in [9.17, 15) is 13.6 Å². The molecule has 1 aromatic heterocycles. The van der Waals surface area contributed by atoms with Crippen LogP contribution >= 0.6 is 0 Å². The minimum atomic E-state index is -0.881. The Morgan fingerprint density at radius 2 is 1.93 bits per heavy atom. The van der Waals surface area contributed by atoms with Gasteiger partial charge >= 0.3 is 5.97 Å². The summed E-state index contributed by atoms with van der Waals surface area (Å²) in [5.74, 6) is -1.86. The van der Waals surface area contributed by atoms with Crippen LogP contribution in [0, 0.1) is 17.6 Å². The zero-order valence-electron chi connectivity index (χ0n) is 15.5. The van der Waals surface area contributed by atoms with Gasteiger partial charge in [0.05, 0.1) is 0 Å². The Morgan fingerprint density at radius 1 is 1.21 bits per heavy atom. The molecule has 1 heterocycles. The van der Waals surface area contributed by atoms with E-state index >= 15 is 0 Å². The summed E-state index contributed by atoms with van der Waals surface area (Å²) >= 11 is 0. The third-order valence-electron chi connectivity index (χ3n) is 5.76. The van der Waals surface area contributed by atoms with Crippen molar-refractivity contribution >= 4 is 5.97 Å². The van der Waals surface area contributed by atoms with E-state index in [2.05, 4.69) is 4.98 Å². The van der Waals surface area contributed by atoms with Crippen LogP contribution in [-0.2, 0) is 4.79 Å². The maximum absolute atomic E-state index is 14.8. The van der Waals surface area contributed by atoms with Crippen molar-refractivity contribution in [3.05, 3.63) is 47.7 Å². The van der Waals surface area contributed by atoms with Crippen LogP contribution in [-0.4, -0.2) is 22.2 Å². The van der Waals surface area contributed by atoms with E-state index in [0.717, 1.165) is 25.7 Å². The first-order valence-corrected chi connectivity index (χ1v) is 9.85. The number of pyridine rings is 1. The van der Waals surface area contributed by atoms with Crippen LogP contribution in [0.3, 0.4) is 0 Å². The van der Waals surface area contributed by atoms with Crippen molar-refractivity contribution in [1.29, 1.82) is 0 Å². The molecule has 0 aliphatic heterocycles. The standard InChI is InChI=1S/C22H23F2NO3/c23-18-11-14(12-19(24)21(18)17-10-13(17)7-8-20(26)27)16-6-3-9-25-22(16)28-15-4-1-2-5-15/h3,6,9,11-13,15,17H,1-2,4-5,7-8,10H2,(H,26,27). The summed E-state index contributed by atoms with van der Waals surface area (Å²) in [7, 11) is 0. The lowest BCUT2D eigenvalue weighted by Crippen LogP contribution is -2.12. The monoisotopic (exact) mass is 387 g/mol.